The molecule has 0 fully saturated rings. The molecule has 6 rings (SSSR count). The van der Waals surface area contributed by atoms with Gasteiger partial charge in [0.2, 0.25) is 0 Å². The Morgan fingerprint density at radius 2 is 1.02 bits per heavy atom. The summed E-state index contributed by atoms with van der Waals surface area (Å²) in [6.45, 7) is 18.8. The van der Waals surface area contributed by atoms with Crippen LogP contribution in [0.1, 0.15) is 58.2 Å². The third-order valence-electron chi connectivity index (χ3n) is 7.42. The first kappa shape index (κ1) is 41.0. The molecular formula is C39H46Cl2SiZr-4. The van der Waals surface area contributed by atoms with E-state index in [-0.39, 0.29) is 50.5 Å². The first-order valence-electron chi connectivity index (χ1n) is 13.6. The second-order valence-corrected chi connectivity index (χ2v) is 12.5. The second kappa shape index (κ2) is 16.9. The van der Waals surface area contributed by atoms with Gasteiger partial charge in [-0.15, -0.1) is 99.1 Å². The van der Waals surface area contributed by atoms with E-state index >= 15 is 0 Å². The maximum absolute atomic E-state index is 3.06. The van der Waals surface area contributed by atoms with Crippen LogP contribution in [-0.4, -0.2) is 6.88 Å². The van der Waals surface area contributed by atoms with Gasteiger partial charge in [-0.25, -0.2) is 0 Å². The van der Waals surface area contributed by atoms with Gasteiger partial charge in [0, 0.05) is 0 Å². The summed E-state index contributed by atoms with van der Waals surface area (Å²) in [5.74, 6) is 0. The number of halogens is 2. The third kappa shape index (κ3) is 9.51. The fraction of sp³-hybridized carbons (Fsp3) is 0.231. The van der Waals surface area contributed by atoms with E-state index in [1.54, 1.807) is 0 Å². The molecule has 6 aromatic rings. The molecular weight excluding hydrogens is 659 g/mol. The summed E-state index contributed by atoms with van der Waals surface area (Å²) in [5.41, 5.74) is 7.16. The van der Waals surface area contributed by atoms with Crippen molar-refractivity contribution in [3.63, 3.8) is 0 Å². The van der Waals surface area contributed by atoms with Gasteiger partial charge in [0.1, 0.15) is 0 Å². The van der Waals surface area contributed by atoms with Crippen molar-refractivity contribution in [3.05, 3.63) is 135 Å². The van der Waals surface area contributed by atoms with Gasteiger partial charge in [0.25, 0.3) is 0 Å². The van der Waals surface area contributed by atoms with Gasteiger partial charge in [0.05, 0.1) is 0 Å². The van der Waals surface area contributed by atoms with E-state index in [1.165, 1.54) is 83.5 Å². The zero-order chi connectivity index (χ0) is 28.4. The summed E-state index contributed by atoms with van der Waals surface area (Å²) in [5, 5.41) is 8.16. The number of hydrogen-bond acceptors (Lipinski definition) is 0. The molecule has 0 atom stereocenters. The molecule has 0 bridgehead atoms. The molecule has 0 amide bonds. The van der Waals surface area contributed by atoms with Crippen LogP contribution in [0, 0.1) is 21.8 Å². The first-order chi connectivity index (χ1) is 18.5. The summed E-state index contributed by atoms with van der Waals surface area (Å²) in [4.78, 5) is 0. The molecule has 6 aromatic carbocycles. The van der Waals surface area contributed by atoms with E-state index in [2.05, 4.69) is 158 Å². The van der Waals surface area contributed by atoms with Gasteiger partial charge < -0.3 is 14.9 Å². The normalized spacial score (nSPS) is 10.6. The van der Waals surface area contributed by atoms with Crippen molar-refractivity contribution in [1.82, 2.24) is 0 Å². The molecule has 0 aromatic heterocycles. The Kier molecular flexibility index (Phi) is 16.2. The van der Waals surface area contributed by atoms with E-state index < -0.39 is 0 Å². The number of fused-ring (bicyclic) bond motifs is 4. The Labute approximate surface area is 290 Å². The topological polar surface area (TPSA) is 0 Å². The van der Waals surface area contributed by atoms with E-state index in [1.807, 2.05) is 0 Å². The molecule has 2 radical (unpaired) electrons. The van der Waals surface area contributed by atoms with Crippen LogP contribution in [0.4, 0.5) is 0 Å². The predicted molar refractivity (Wildman–Crippen MR) is 197 cm³/mol. The molecule has 4 heteroatoms. The first-order valence-corrected chi connectivity index (χ1v) is 17.8. The average molecular weight is 705 g/mol. The van der Waals surface area contributed by atoms with Crippen molar-refractivity contribution in [2.75, 3.05) is 0 Å². The van der Waals surface area contributed by atoms with E-state index in [9.17, 15) is 0 Å². The van der Waals surface area contributed by atoms with Crippen molar-refractivity contribution in [2.45, 2.75) is 59.3 Å². The summed E-state index contributed by atoms with van der Waals surface area (Å²) >= 11 is 1.36. The van der Waals surface area contributed by atoms with E-state index in [4.69, 9.17) is 0 Å². The van der Waals surface area contributed by atoms with E-state index in [0.717, 1.165) is 0 Å². The minimum atomic E-state index is 0. The van der Waals surface area contributed by atoms with Crippen LogP contribution < -0.4 is 0 Å². The molecule has 0 saturated carbocycles. The van der Waals surface area contributed by atoms with E-state index in [0.29, 0.717) is 0 Å². The van der Waals surface area contributed by atoms with Crippen molar-refractivity contribution in [3.8, 4) is 11.1 Å². The SMILES string of the molecule is CC(C)(C)c1ccc2c(c1)[cH-]c1cc(C(C)(C)C)ccc12.Cc1cc2c(-c3ccccc3)cccc2[cH-]1.Cl.Cl.[CH3-].[CH3-].[Si]=[Zr]. The molecule has 0 aliphatic heterocycles. The molecule has 228 valence electrons. The van der Waals surface area contributed by atoms with Crippen LogP contribution in [0.3, 0.4) is 0 Å². The van der Waals surface area contributed by atoms with Crippen molar-refractivity contribution in [2.24, 2.45) is 0 Å². The molecule has 0 unspecified atom stereocenters. The van der Waals surface area contributed by atoms with Crippen LogP contribution in [0.2, 0.25) is 0 Å². The average Bonchev–Trinajstić information content (AvgIpc) is 3.48. The molecule has 0 spiro atoms. The Bertz CT molecular complexity index is 1650. The summed E-state index contributed by atoms with van der Waals surface area (Å²) < 4.78 is 0. The molecule has 0 N–H and O–H groups in total. The van der Waals surface area contributed by atoms with Gasteiger partial charge in [0.15, 0.2) is 0 Å². The van der Waals surface area contributed by atoms with Gasteiger partial charge in [-0.1, -0.05) is 126 Å². The number of rotatable bonds is 1. The number of aryl methyl sites for hydroxylation is 1. The van der Waals surface area contributed by atoms with Crippen LogP contribution in [0.5, 0.6) is 0 Å². The van der Waals surface area contributed by atoms with Crippen LogP contribution in [0.25, 0.3) is 43.4 Å². The van der Waals surface area contributed by atoms with Gasteiger partial charge in [-0.3, -0.25) is 0 Å². The standard InChI is InChI=1S/C21H25.C16H13.2CH3.2ClH.Si.Zr/c1-20(2,3)16-7-9-18-14(12-16)11-15-13-17(21(4,5)6)8-10-19(15)18;1-12-10-14-8-5-9-15(16(14)11-12)13-6-3-2-4-7-13;;;;;;/h7-13H,1-6H3;2-11H,1H3;2*1H3;2*1H;;/q4*-1;;;;. The van der Waals surface area contributed by atoms with Crippen molar-refractivity contribution >= 4 is 64.0 Å². The monoisotopic (exact) mass is 702 g/mol. The minimum absolute atomic E-state index is 0. The fourth-order valence-electron chi connectivity index (χ4n) is 5.21. The summed E-state index contributed by atoms with van der Waals surface area (Å²) in [6.07, 6.45) is 0. The van der Waals surface area contributed by atoms with Crippen molar-refractivity contribution in [1.29, 1.82) is 0 Å². The summed E-state index contributed by atoms with van der Waals surface area (Å²) in [7, 11) is 0. The third-order valence-corrected chi connectivity index (χ3v) is 7.42. The molecule has 0 aliphatic carbocycles. The molecule has 43 heavy (non-hydrogen) atoms. The van der Waals surface area contributed by atoms with Crippen LogP contribution in [-0.2, 0) is 34.2 Å². The Balaban J connectivity index is 0.000000729. The zero-order valence-electron chi connectivity index (χ0n) is 27.1. The van der Waals surface area contributed by atoms with Crippen molar-refractivity contribution < 1.29 is 23.3 Å². The fourth-order valence-corrected chi connectivity index (χ4v) is 5.21. The molecule has 0 saturated heterocycles. The van der Waals surface area contributed by atoms with Gasteiger partial charge in [-0.2, -0.15) is 6.07 Å². The van der Waals surface area contributed by atoms with Gasteiger partial charge in [-0.05, 0) is 16.4 Å². The zero-order valence-corrected chi connectivity index (χ0v) is 32.2. The summed E-state index contributed by atoms with van der Waals surface area (Å²) in [6, 6.07) is 37.7. The number of hydrogen-bond donors (Lipinski definition) is 0. The Morgan fingerprint density at radius 1 is 0.535 bits per heavy atom. The predicted octanol–water partition coefficient (Wildman–Crippen LogP) is 12.2. The van der Waals surface area contributed by atoms with Gasteiger partial charge >= 0.3 is 30.2 Å². The molecule has 0 nitrogen and oxygen atoms in total. The quantitative estimate of drug-likeness (QED) is 0.118. The Morgan fingerprint density at radius 3 is 1.49 bits per heavy atom. The second-order valence-electron chi connectivity index (χ2n) is 12.5. The maximum atomic E-state index is 3.06. The van der Waals surface area contributed by atoms with Crippen LogP contribution in [0.15, 0.2) is 103 Å². The number of benzene rings is 4. The molecule has 0 aliphatic rings. The van der Waals surface area contributed by atoms with Crippen LogP contribution >= 0.6 is 24.8 Å². The Hall–Kier alpha value is -1.96. The molecule has 0 heterocycles.